The molecule has 0 radical (unpaired) electrons. The van der Waals surface area contributed by atoms with Crippen LogP contribution in [0.1, 0.15) is 12.8 Å². The molecule has 0 saturated carbocycles. The van der Waals surface area contributed by atoms with Crippen molar-refractivity contribution >= 4 is 5.97 Å². The molecule has 0 aliphatic heterocycles. The fourth-order valence-corrected chi connectivity index (χ4v) is 0.769. The summed E-state index contributed by atoms with van der Waals surface area (Å²) in [5.41, 5.74) is 3.12. The molecular formula is C6H11ClF3NO2. The first-order valence-corrected chi connectivity index (χ1v) is 3.45. The molecule has 1 atom stereocenters. The van der Waals surface area contributed by atoms with Crippen molar-refractivity contribution in [3.8, 4) is 0 Å². The normalized spacial score (nSPS) is 13.2. The monoisotopic (exact) mass is 221 g/mol. The number of carbonyl (C=O) groups is 1. The zero-order valence-electron chi connectivity index (χ0n) is 6.77. The lowest BCUT2D eigenvalue weighted by Crippen LogP contribution is -3.00. The van der Waals surface area contributed by atoms with E-state index in [9.17, 15) is 18.0 Å². The highest BCUT2D eigenvalue weighted by atomic mass is 35.5. The molecule has 0 unspecified atom stereocenters. The van der Waals surface area contributed by atoms with Crippen LogP contribution < -0.4 is 18.1 Å². The van der Waals surface area contributed by atoms with E-state index in [-0.39, 0.29) is 25.4 Å². The Bertz CT molecular complexity index is 162. The van der Waals surface area contributed by atoms with Crippen LogP contribution in [0.3, 0.4) is 0 Å². The second-order valence-electron chi connectivity index (χ2n) is 2.46. The summed E-state index contributed by atoms with van der Waals surface area (Å²) in [5.74, 6) is -2.80. The van der Waals surface area contributed by atoms with Gasteiger partial charge in [0.05, 0.1) is 6.54 Å². The molecule has 0 spiro atoms. The predicted octanol–water partition coefficient (Wildman–Crippen LogP) is -2.72. The molecule has 7 heteroatoms. The molecule has 0 aromatic carbocycles. The van der Waals surface area contributed by atoms with Crippen molar-refractivity contribution in [3.63, 3.8) is 0 Å². The summed E-state index contributed by atoms with van der Waals surface area (Å²) in [7, 11) is 0. The minimum atomic E-state index is -4.32. The number of carboxylic acids is 1. The van der Waals surface area contributed by atoms with Gasteiger partial charge in [0, 0.05) is 6.42 Å². The smallest absolute Gasteiger partial charge is 0.397 e. The summed E-state index contributed by atoms with van der Waals surface area (Å²) >= 11 is 0. The zero-order chi connectivity index (χ0) is 9.78. The fraction of sp³-hybridized carbons (Fsp3) is 0.833. The Kier molecular flexibility index (Phi) is 6.97. The van der Waals surface area contributed by atoms with Crippen LogP contribution >= 0.6 is 0 Å². The van der Waals surface area contributed by atoms with E-state index >= 15 is 0 Å². The molecule has 3 nitrogen and oxygen atoms in total. The lowest BCUT2D eigenvalue weighted by molar-refractivity contribution is -0.398. The first-order valence-electron chi connectivity index (χ1n) is 3.45. The number of halogens is 4. The van der Waals surface area contributed by atoms with Crippen molar-refractivity contribution in [1.82, 2.24) is 0 Å². The van der Waals surface area contributed by atoms with Crippen molar-refractivity contribution in [2.45, 2.75) is 19.0 Å². The topological polar surface area (TPSA) is 64.9 Å². The van der Waals surface area contributed by atoms with Gasteiger partial charge in [0.2, 0.25) is 0 Å². The van der Waals surface area contributed by atoms with Crippen LogP contribution in [0.4, 0.5) is 13.2 Å². The van der Waals surface area contributed by atoms with Crippen LogP contribution in [-0.4, -0.2) is 23.8 Å². The Labute approximate surface area is 79.5 Å². The summed E-state index contributed by atoms with van der Waals surface area (Å²) in [6.07, 6.45) is -5.17. The highest BCUT2D eigenvalue weighted by Crippen LogP contribution is 2.28. The molecule has 0 fully saturated rings. The van der Waals surface area contributed by atoms with Gasteiger partial charge in [-0.15, -0.1) is 0 Å². The van der Waals surface area contributed by atoms with Gasteiger partial charge < -0.3 is 23.2 Å². The van der Waals surface area contributed by atoms with E-state index < -0.39 is 24.5 Å². The van der Waals surface area contributed by atoms with Gasteiger partial charge in [0.1, 0.15) is 5.92 Å². The largest absolute Gasteiger partial charge is 1.00 e. The molecule has 0 rings (SSSR count). The van der Waals surface area contributed by atoms with E-state index in [4.69, 9.17) is 5.11 Å². The van der Waals surface area contributed by atoms with Crippen LogP contribution in [0.2, 0.25) is 0 Å². The summed E-state index contributed by atoms with van der Waals surface area (Å²) in [5, 5.41) is 8.14. The highest BCUT2D eigenvalue weighted by Gasteiger charge is 2.39. The molecule has 13 heavy (non-hydrogen) atoms. The third-order valence-corrected chi connectivity index (χ3v) is 1.52. The molecule has 0 aromatic heterocycles. The Morgan fingerprint density at radius 2 is 1.92 bits per heavy atom. The van der Waals surface area contributed by atoms with Crippen molar-refractivity contribution in [3.05, 3.63) is 0 Å². The van der Waals surface area contributed by atoms with Gasteiger partial charge >= 0.3 is 12.1 Å². The lowest BCUT2D eigenvalue weighted by Gasteiger charge is -2.14. The number of quaternary nitrogens is 1. The van der Waals surface area contributed by atoms with Gasteiger partial charge in [-0.25, -0.2) is 0 Å². The molecule has 80 valence electrons. The number of rotatable bonds is 4. The summed E-state index contributed by atoms with van der Waals surface area (Å²) < 4.78 is 35.8. The molecular weight excluding hydrogens is 211 g/mol. The van der Waals surface area contributed by atoms with E-state index in [1.54, 1.807) is 0 Å². The van der Waals surface area contributed by atoms with E-state index in [1.807, 2.05) is 0 Å². The first kappa shape index (κ1) is 15.0. The van der Waals surface area contributed by atoms with Gasteiger partial charge in [-0.05, 0) is 6.42 Å². The Morgan fingerprint density at radius 1 is 1.46 bits per heavy atom. The van der Waals surface area contributed by atoms with E-state index in [1.165, 1.54) is 0 Å². The quantitative estimate of drug-likeness (QED) is 0.542. The van der Waals surface area contributed by atoms with Crippen LogP contribution in [0, 0.1) is 5.92 Å². The lowest BCUT2D eigenvalue weighted by atomic mass is 10.0. The van der Waals surface area contributed by atoms with Crippen molar-refractivity contribution in [2.24, 2.45) is 5.92 Å². The molecule has 0 heterocycles. The second-order valence-corrected chi connectivity index (χ2v) is 2.46. The van der Waals surface area contributed by atoms with Crippen LogP contribution in [0.15, 0.2) is 0 Å². The van der Waals surface area contributed by atoms with Crippen LogP contribution in [0.25, 0.3) is 0 Å². The average molecular weight is 222 g/mol. The number of hydrogen-bond acceptors (Lipinski definition) is 1. The van der Waals surface area contributed by atoms with Gasteiger partial charge in [-0.1, -0.05) is 0 Å². The average Bonchev–Trinajstić information content (AvgIpc) is 1.85. The van der Waals surface area contributed by atoms with Gasteiger partial charge in [-0.2, -0.15) is 13.2 Å². The number of hydrogen-bond donors (Lipinski definition) is 2. The fourth-order valence-electron chi connectivity index (χ4n) is 0.769. The Morgan fingerprint density at radius 3 is 2.15 bits per heavy atom. The summed E-state index contributed by atoms with van der Waals surface area (Å²) in [6, 6.07) is 0. The van der Waals surface area contributed by atoms with E-state index in [0.717, 1.165) is 0 Å². The van der Waals surface area contributed by atoms with Crippen LogP contribution in [-0.2, 0) is 4.79 Å². The van der Waals surface area contributed by atoms with Gasteiger partial charge in [-0.3, -0.25) is 4.79 Å². The van der Waals surface area contributed by atoms with Crippen molar-refractivity contribution < 1.29 is 41.2 Å². The van der Waals surface area contributed by atoms with Crippen LogP contribution in [0.5, 0.6) is 0 Å². The minimum absolute atomic E-state index is 0. The highest BCUT2D eigenvalue weighted by molar-refractivity contribution is 5.66. The van der Waals surface area contributed by atoms with E-state index in [2.05, 4.69) is 5.73 Å². The standard InChI is InChI=1S/C6H10F3NO2.ClH/c7-6(8,9)4(3-10)1-2-5(11)12;/h4H,1-3,10H2,(H,11,12);1H/t4-;/m1./s1. The third-order valence-electron chi connectivity index (χ3n) is 1.52. The summed E-state index contributed by atoms with van der Waals surface area (Å²) in [4.78, 5) is 9.96. The second kappa shape index (κ2) is 6.04. The Hall–Kier alpha value is -0.490. The molecule has 0 aliphatic rings. The molecule has 0 aromatic rings. The zero-order valence-corrected chi connectivity index (χ0v) is 7.53. The molecule has 0 aliphatic carbocycles. The number of carboxylic acid groups (broad SMARTS) is 1. The SMILES string of the molecule is [Cl-].[NH3+]C[C@@H](CCC(=O)O)C(F)(F)F. The maximum atomic E-state index is 11.9. The summed E-state index contributed by atoms with van der Waals surface area (Å²) in [6.45, 7) is -0.309. The predicted molar refractivity (Wildman–Crippen MR) is 34.2 cm³/mol. The Balaban J connectivity index is 0. The first-order chi connectivity index (χ1) is 5.38. The van der Waals surface area contributed by atoms with E-state index in [0.29, 0.717) is 0 Å². The van der Waals surface area contributed by atoms with Gasteiger partial charge in [0.15, 0.2) is 0 Å². The van der Waals surface area contributed by atoms with Gasteiger partial charge in [0.25, 0.3) is 0 Å². The molecule has 4 N–H and O–H groups in total. The van der Waals surface area contributed by atoms with Crippen molar-refractivity contribution in [1.29, 1.82) is 0 Å². The molecule has 0 saturated heterocycles. The number of aliphatic carboxylic acids is 1. The maximum Gasteiger partial charge on any atom is 0.397 e. The molecule has 0 amide bonds. The van der Waals surface area contributed by atoms with Crippen molar-refractivity contribution in [2.75, 3.05) is 6.54 Å². The molecule has 0 bridgehead atoms. The number of alkyl halides is 3. The third kappa shape index (κ3) is 6.65. The maximum absolute atomic E-state index is 11.9. The minimum Gasteiger partial charge on any atom is -1.00 e.